The molecule has 1 atom stereocenters. The van der Waals surface area contributed by atoms with E-state index in [0.29, 0.717) is 21.4 Å². The number of rotatable bonds is 2. The molecule has 1 unspecified atom stereocenters. The van der Waals surface area contributed by atoms with Gasteiger partial charge in [0, 0.05) is 6.08 Å². The molecule has 112 valence electrons. The molecule has 0 aromatic carbocycles. The van der Waals surface area contributed by atoms with Gasteiger partial charge in [-0.1, -0.05) is 24.0 Å². The summed E-state index contributed by atoms with van der Waals surface area (Å²) in [5.41, 5.74) is 0. The van der Waals surface area contributed by atoms with E-state index in [0.717, 1.165) is 5.76 Å². The number of hydrogen-bond donors (Lipinski definition) is 0. The molecule has 0 saturated carbocycles. The Morgan fingerprint density at radius 2 is 2.24 bits per heavy atom. The molecule has 2 aliphatic rings. The summed E-state index contributed by atoms with van der Waals surface area (Å²) in [5.74, 6) is 1.23. The second-order valence-electron chi connectivity index (χ2n) is 5.06. The fourth-order valence-electron chi connectivity index (χ4n) is 2.43. The van der Waals surface area contributed by atoms with Crippen LogP contribution in [0.3, 0.4) is 0 Å². The zero-order valence-electron chi connectivity index (χ0n) is 11.2. The van der Waals surface area contributed by atoms with Crippen molar-refractivity contribution in [3.05, 3.63) is 28.6 Å². The molecular weight excluding hydrogens is 330 g/mol. The SMILES string of the molecule is Cc1ccc(/C=C2/SC(=S)N(C3CCS(=O)(=O)C3)C2=O)o1. The molecule has 8 heteroatoms. The Morgan fingerprint density at radius 1 is 1.48 bits per heavy atom. The van der Waals surface area contributed by atoms with Crippen LogP contribution in [0.2, 0.25) is 0 Å². The molecule has 21 heavy (non-hydrogen) atoms. The summed E-state index contributed by atoms with van der Waals surface area (Å²) in [7, 11) is -3.05. The van der Waals surface area contributed by atoms with E-state index in [9.17, 15) is 13.2 Å². The van der Waals surface area contributed by atoms with Crippen molar-refractivity contribution in [1.82, 2.24) is 4.90 Å². The molecule has 0 spiro atoms. The molecule has 0 bridgehead atoms. The number of amides is 1. The number of hydrogen-bond acceptors (Lipinski definition) is 6. The van der Waals surface area contributed by atoms with Crippen molar-refractivity contribution in [2.24, 2.45) is 0 Å². The third-order valence-electron chi connectivity index (χ3n) is 3.43. The smallest absolute Gasteiger partial charge is 0.266 e. The van der Waals surface area contributed by atoms with Crippen LogP contribution in [0.25, 0.3) is 6.08 Å². The molecule has 0 radical (unpaired) electrons. The van der Waals surface area contributed by atoms with E-state index >= 15 is 0 Å². The van der Waals surface area contributed by atoms with Crippen molar-refractivity contribution in [2.45, 2.75) is 19.4 Å². The molecule has 2 fully saturated rings. The minimum atomic E-state index is -3.05. The summed E-state index contributed by atoms with van der Waals surface area (Å²) in [5, 5.41) is 0. The van der Waals surface area contributed by atoms with Crippen molar-refractivity contribution in [1.29, 1.82) is 0 Å². The molecule has 1 amide bonds. The lowest BCUT2D eigenvalue weighted by molar-refractivity contribution is -0.123. The Kier molecular flexibility index (Phi) is 3.71. The Labute approximate surface area is 132 Å². The van der Waals surface area contributed by atoms with Crippen LogP contribution in [0, 0.1) is 6.92 Å². The van der Waals surface area contributed by atoms with Crippen molar-refractivity contribution in [3.63, 3.8) is 0 Å². The van der Waals surface area contributed by atoms with Gasteiger partial charge in [0.05, 0.1) is 22.5 Å². The molecule has 3 heterocycles. The van der Waals surface area contributed by atoms with Gasteiger partial charge in [-0.2, -0.15) is 0 Å². The van der Waals surface area contributed by atoms with E-state index in [1.165, 1.54) is 16.7 Å². The van der Waals surface area contributed by atoms with Crippen molar-refractivity contribution < 1.29 is 17.6 Å². The largest absolute Gasteiger partial charge is 0.462 e. The molecule has 3 rings (SSSR count). The number of thioether (sulfide) groups is 1. The van der Waals surface area contributed by atoms with Crippen LogP contribution in [-0.4, -0.2) is 41.1 Å². The van der Waals surface area contributed by atoms with Gasteiger partial charge in [0.1, 0.15) is 15.8 Å². The highest BCUT2D eigenvalue weighted by molar-refractivity contribution is 8.26. The molecule has 5 nitrogen and oxygen atoms in total. The highest BCUT2D eigenvalue weighted by atomic mass is 32.2. The maximum absolute atomic E-state index is 12.4. The second-order valence-corrected chi connectivity index (χ2v) is 8.96. The van der Waals surface area contributed by atoms with E-state index in [1.54, 1.807) is 12.1 Å². The molecule has 1 aromatic heterocycles. The van der Waals surface area contributed by atoms with Crippen molar-refractivity contribution >= 4 is 50.1 Å². The number of furan rings is 1. The Hall–Kier alpha value is -1.12. The van der Waals surface area contributed by atoms with Crippen molar-refractivity contribution in [2.75, 3.05) is 11.5 Å². The van der Waals surface area contributed by atoms with E-state index in [1.807, 2.05) is 13.0 Å². The number of aryl methyl sites for hydroxylation is 1. The monoisotopic (exact) mass is 343 g/mol. The van der Waals surface area contributed by atoms with Crippen LogP contribution in [0.5, 0.6) is 0 Å². The zero-order chi connectivity index (χ0) is 15.2. The van der Waals surface area contributed by atoms with Crippen molar-refractivity contribution in [3.8, 4) is 0 Å². The number of nitrogens with zero attached hydrogens (tertiary/aromatic N) is 1. The molecule has 2 aliphatic heterocycles. The van der Waals surface area contributed by atoms with E-state index in [2.05, 4.69) is 0 Å². The Morgan fingerprint density at radius 3 is 2.81 bits per heavy atom. The minimum Gasteiger partial charge on any atom is -0.462 e. The third kappa shape index (κ3) is 2.93. The molecule has 2 saturated heterocycles. The minimum absolute atomic E-state index is 0.00736. The zero-order valence-corrected chi connectivity index (χ0v) is 13.7. The number of thiocarbonyl (C=S) groups is 1. The molecule has 1 aromatic rings. The molecular formula is C13H13NO4S3. The van der Waals surface area contributed by atoms with Crippen LogP contribution < -0.4 is 0 Å². The lowest BCUT2D eigenvalue weighted by Gasteiger charge is -2.20. The summed E-state index contributed by atoms with van der Waals surface area (Å²) in [6.07, 6.45) is 2.09. The first-order chi connectivity index (χ1) is 9.85. The average Bonchev–Trinajstić information content (AvgIpc) is 3.01. The van der Waals surface area contributed by atoms with Crippen LogP contribution in [0.4, 0.5) is 0 Å². The van der Waals surface area contributed by atoms with Crippen LogP contribution in [-0.2, 0) is 14.6 Å². The van der Waals surface area contributed by atoms with Gasteiger partial charge in [-0.25, -0.2) is 8.42 Å². The molecule has 0 aliphatic carbocycles. The first-order valence-corrected chi connectivity index (χ1v) is 9.44. The summed E-state index contributed by atoms with van der Waals surface area (Å²) in [6, 6.07) is 3.25. The van der Waals surface area contributed by atoms with Gasteiger partial charge in [-0.3, -0.25) is 9.69 Å². The first-order valence-electron chi connectivity index (χ1n) is 6.40. The van der Waals surface area contributed by atoms with Gasteiger partial charge in [0.2, 0.25) is 0 Å². The highest BCUT2D eigenvalue weighted by Crippen LogP contribution is 2.36. The molecule has 0 N–H and O–H groups in total. The summed E-state index contributed by atoms with van der Waals surface area (Å²) in [6.45, 7) is 1.83. The van der Waals surface area contributed by atoms with E-state index in [-0.39, 0.29) is 23.5 Å². The van der Waals surface area contributed by atoms with Crippen LogP contribution >= 0.6 is 24.0 Å². The fourth-order valence-corrected chi connectivity index (χ4v) is 5.51. The van der Waals surface area contributed by atoms with Gasteiger partial charge >= 0.3 is 0 Å². The number of carbonyl (C=O) groups is 1. The van der Waals surface area contributed by atoms with Crippen LogP contribution in [0.15, 0.2) is 21.5 Å². The van der Waals surface area contributed by atoms with Gasteiger partial charge in [0.25, 0.3) is 5.91 Å². The van der Waals surface area contributed by atoms with Gasteiger partial charge in [0.15, 0.2) is 9.84 Å². The lowest BCUT2D eigenvalue weighted by atomic mass is 10.2. The number of carbonyl (C=O) groups excluding carboxylic acids is 1. The predicted molar refractivity (Wildman–Crippen MR) is 85.5 cm³/mol. The maximum Gasteiger partial charge on any atom is 0.266 e. The first kappa shape index (κ1) is 14.8. The third-order valence-corrected chi connectivity index (χ3v) is 6.51. The fraction of sp³-hybridized carbons (Fsp3) is 0.385. The quantitative estimate of drug-likeness (QED) is 0.604. The predicted octanol–water partition coefficient (Wildman–Crippen LogP) is 1.98. The summed E-state index contributed by atoms with van der Waals surface area (Å²) in [4.78, 5) is 14.3. The van der Waals surface area contributed by atoms with Gasteiger partial charge < -0.3 is 4.42 Å². The highest BCUT2D eigenvalue weighted by Gasteiger charge is 2.42. The van der Waals surface area contributed by atoms with E-state index in [4.69, 9.17) is 16.6 Å². The van der Waals surface area contributed by atoms with Gasteiger partial charge in [-0.05, 0) is 25.5 Å². The second kappa shape index (κ2) is 5.26. The summed E-state index contributed by atoms with van der Waals surface area (Å²) < 4.78 is 29.0. The normalized spacial score (nSPS) is 27.0. The van der Waals surface area contributed by atoms with Gasteiger partial charge in [-0.15, -0.1) is 0 Å². The topological polar surface area (TPSA) is 67.6 Å². The standard InChI is InChI=1S/C13H13NO4S3/c1-8-2-3-10(18-8)6-11-12(15)14(13(19)20-11)9-4-5-21(16,17)7-9/h2-3,6,9H,4-5,7H2,1H3/b11-6+. The maximum atomic E-state index is 12.4. The Balaban J connectivity index is 1.84. The Bertz CT molecular complexity index is 747. The average molecular weight is 343 g/mol. The lowest BCUT2D eigenvalue weighted by Crippen LogP contribution is -2.39. The number of sulfone groups is 1. The summed E-state index contributed by atoms with van der Waals surface area (Å²) >= 11 is 6.42. The van der Waals surface area contributed by atoms with Crippen LogP contribution in [0.1, 0.15) is 17.9 Å². The van der Waals surface area contributed by atoms with E-state index < -0.39 is 9.84 Å².